The van der Waals surface area contributed by atoms with E-state index in [-0.39, 0.29) is 12.3 Å². The zero-order valence-corrected chi connectivity index (χ0v) is 14.5. The molecule has 1 fully saturated rings. The molecular formula is C17H19N3O4S. The van der Waals surface area contributed by atoms with Crippen molar-refractivity contribution in [3.63, 3.8) is 0 Å². The van der Waals surface area contributed by atoms with Crippen LogP contribution in [0.2, 0.25) is 0 Å². The molecule has 2 atom stereocenters. The Hall–Kier alpha value is -2.48. The summed E-state index contributed by atoms with van der Waals surface area (Å²) < 4.78 is 0. The molecular weight excluding hydrogens is 342 g/mol. The zero-order valence-electron chi connectivity index (χ0n) is 13.7. The Morgan fingerprint density at radius 3 is 2.88 bits per heavy atom. The highest BCUT2D eigenvalue weighted by Gasteiger charge is 2.35. The summed E-state index contributed by atoms with van der Waals surface area (Å²) in [5, 5.41) is 13.0. The maximum Gasteiger partial charge on any atom is 0.326 e. The fourth-order valence-electron chi connectivity index (χ4n) is 2.96. The fourth-order valence-corrected chi connectivity index (χ4v) is 4.18. The second-order valence-corrected chi connectivity index (χ2v) is 6.97. The summed E-state index contributed by atoms with van der Waals surface area (Å²) in [7, 11) is 0. The molecule has 3 N–H and O–H groups in total. The van der Waals surface area contributed by atoms with Crippen LogP contribution in [0, 0.1) is 0 Å². The number of amides is 2. The average Bonchev–Trinajstić information content (AvgIpc) is 3.21. The van der Waals surface area contributed by atoms with Crippen LogP contribution in [0.15, 0.2) is 30.5 Å². The van der Waals surface area contributed by atoms with E-state index in [1.807, 2.05) is 24.3 Å². The number of H-pyrrole nitrogens is 1. The summed E-state index contributed by atoms with van der Waals surface area (Å²) in [4.78, 5) is 40.3. The Balaban J connectivity index is 1.74. The maximum absolute atomic E-state index is 12.5. The van der Waals surface area contributed by atoms with Gasteiger partial charge in [0.05, 0.1) is 5.88 Å². The van der Waals surface area contributed by atoms with Gasteiger partial charge in [-0.3, -0.25) is 9.59 Å². The first kappa shape index (κ1) is 17.3. The molecule has 1 aromatic carbocycles. The van der Waals surface area contributed by atoms with E-state index in [0.717, 1.165) is 16.5 Å². The number of nitrogens with one attached hydrogen (secondary N) is 2. The van der Waals surface area contributed by atoms with Crippen molar-refractivity contribution in [2.75, 3.05) is 11.6 Å². The Kier molecular flexibility index (Phi) is 4.98. The van der Waals surface area contributed by atoms with E-state index < -0.39 is 24.0 Å². The van der Waals surface area contributed by atoms with Gasteiger partial charge in [0.25, 0.3) is 0 Å². The lowest BCUT2D eigenvalue weighted by Crippen LogP contribution is -2.52. The summed E-state index contributed by atoms with van der Waals surface area (Å²) in [6.07, 6.45) is 1.94. The van der Waals surface area contributed by atoms with Gasteiger partial charge < -0.3 is 20.3 Å². The minimum atomic E-state index is -1.10. The summed E-state index contributed by atoms with van der Waals surface area (Å²) in [6.45, 7) is 1.41. The molecule has 0 aliphatic carbocycles. The van der Waals surface area contributed by atoms with Crippen LogP contribution in [0.25, 0.3) is 10.9 Å². The topological polar surface area (TPSA) is 103 Å². The minimum absolute atomic E-state index is 0.172. The lowest BCUT2D eigenvalue weighted by molar-refractivity contribution is -0.143. The van der Waals surface area contributed by atoms with Gasteiger partial charge in [0, 0.05) is 36.2 Å². The Bertz CT molecular complexity index is 819. The third-order valence-corrected chi connectivity index (χ3v) is 5.32. The van der Waals surface area contributed by atoms with Crippen molar-refractivity contribution in [1.29, 1.82) is 0 Å². The highest BCUT2D eigenvalue weighted by atomic mass is 32.2. The standard InChI is InChI=1S/C17H19N3O4S/c1-10(21)20-9-25-8-15(20)16(22)19-14(17(23)24)6-11-7-18-13-5-3-2-4-12(11)13/h2-5,7,14-15,18H,6,8-9H2,1H3,(H,19,22)(H,23,24)/t14-,15-/m1/s1. The average molecular weight is 361 g/mol. The van der Waals surface area contributed by atoms with Gasteiger partial charge in [-0.1, -0.05) is 18.2 Å². The molecule has 2 aromatic rings. The summed E-state index contributed by atoms with van der Waals surface area (Å²) >= 11 is 1.48. The third-order valence-electron chi connectivity index (χ3n) is 4.30. The molecule has 8 heteroatoms. The van der Waals surface area contributed by atoms with Crippen LogP contribution in [0.1, 0.15) is 12.5 Å². The van der Waals surface area contributed by atoms with Crippen molar-refractivity contribution in [2.45, 2.75) is 25.4 Å². The second kappa shape index (κ2) is 7.18. The molecule has 3 rings (SSSR count). The van der Waals surface area contributed by atoms with Crippen molar-refractivity contribution >= 4 is 40.4 Å². The van der Waals surface area contributed by atoms with E-state index >= 15 is 0 Å². The number of carbonyl (C=O) groups excluding carboxylic acids is 2. The minimum Gasteiger partial charge on any atom is -0.480 e. The molecule has 0 saturated carbocycles. The second-order valence-electron chi connectivity index (χ2n) is 5.97. The van der Waals surface area contributed by atoms with Crippen LogP contribution in [0.3, 0.4) is 0 Å². The van der Waals surface area contributed by atoms with Crippen LogP contribution < -0.4 is 5.32 Å². The smallest absolute Gasteiger partial charge is 0.326 e. The van der Waals surface area contributed by atoms with Gasteiger partial charge in [-0.2, -0.15) is 0 Å². The van der Waals surface area contributed by atoms with Crippen molar-refractivity contribution < 1.29 is 19.5 Å². The lowest BCUT2D eigenvalue weighted by Gasteiger charge is -2.23. The first-order valence-electron chi connectivity index (χ1n) is 7.90. The fraction of sp³-hybridized carbons (Fsp3) is 0.353. The third kappa shape index (κ3) is 3.63. The van der Waals surface area contributed by atoms with Gasteiger partial charge >= 0.3 is 5.97 Å². The highest BCUT2D eigenvalue weighted by molar-refractivity contribution is 7.99. The molecule has 2 amide bonds. The molecule has 1 aliphatic heterocycles. The van der Waals surface area contributed by atoms with Gasteiger partial charge in [-0.15, -0.1) is 11.8 Å². The van der Waals surface area contributed by atoms with Crippen LogP contribution in [0.5, 0.6) is 0 Å². The molecule has 132 valence electrons. The normalized spacial score (nSPS) is 18.3. The molecule has 1 aliphatic rings. The van der Waals surface area contributed by atoms with Gasteiger partial charge in [0.1, 0.15) is 12.1 Å². The highest BCUT2D eigenvalue weighted by Crippen LogP contribution is 2.22. The lowest BCUT2D eigenvalue weighted by atomic mass is 10.0. The first-order chi connectivity index (χ1) is 12.0. The number of carboxylic acids is 1. The van der Waals surface area contributed by atoms with E-state index in [0.29, 0.717) is 11.6 Å². The molecule has 2 heterocycles. The summed E-state index contributed by atoms with van der Waals surface area (Å²) in [5.74, 6) is -0.780. The largest absolute Gasteiger partial charge is 0.480 e. The van der Waals surface area contributed by atoms with Gasteiger partial charge in [0.2, 0.25) is 11.8 Å². The summed E-state index contributed by atoms with van der Waals surface area (Å²) in [5.41, 5.74) is 1.75. The number of para-hydroxylation sites is 1. The number of aromatic amines is 1. The van der Waals surface area contributed by atoms with Gasteiger partial charge in [0.15, 0.2) is 0 Å². The number of hydrogen-bond donors (Lipinski definition) is 3. The van der Waals surface area contributed by atoms with Crippen LogP contribution in [-0.2, 0) is 20.8 Å². The van der Waals surface area contributed by atoms with E-state index in [1.165, 1.54) is 23.6 Å². The van der Waals surface area contributed by atoms with E-state index in [1.54, 1.807) is 6.20 Å². The number of aliphatic carboxylic acids is 1. The molecule has 0 radical (unpaired) electrons. The monoisotopic (exact) mass is 361 g/mol. The van der Waals surface area contributed by atoms with Crippen molar-refractivity contribution in [3.05, 3.63) is 36.0 Å². The number of nitrogens with zero attached hydrogens (tertiary/aromatic N) is 1. The van der Waals surface area contributed by atoms with Gasteiger partial charge in [-0.25, -0.2) is 4.79 Å². The zero-order chi connectivity index (χ0) is 18.0. The van der Waals surface area contributed by atoms with E-state index in [9.17, 15) is 19.5 Å². The van der Waals surface area contributed by atoms with Crippen molar-refractivity contribution in [3.8, 4) is 0 Å². The van der Waals surface area contributed by atoms with Gasteiger partial charge in [-0.05, 0) is 11.6 Å². The van der Waals surface area contributed by atoms with Crippen LogP contribution >= 0.6 is 11.8 Å². The number of aromatic nitrogens is 1. The molecule has 0 bridgehead atoms. The Labute approximate surface area is 148 Å². The number of thioether (sulfide) groups is 1. The molecule has 7 nitrogen and oxygen atoms in total. The van der Waals surface area contributed by atoms with Crippen LogP contribution in [-0.4, -0.2) is 56.5 Å². The first-order valence-corrected chi connectivity index (χ1v) is 9.06. The summed E-state index contributed by atoms with van der Waals surface area (Å²) in [6, 6.07) is 5.93. The molecule has 25 heavy (non-hydrogen) atoms. The number of benzene rings is 1. The molecule has 0 unspecified atom stereocenters. The number of carboxylic acid groups (broad SMARTS) is 1. The van der Waals surface area contributed by atoms with E-state index in [4.69, 9.17) is 0 Å². The molecule has 1 saturated heterocycles. The Morgan fingerprint density at radius 2 is 2.16 bits per heavy atom. The quantitative estimate of drug-likeness (QED) is 0.743. The predicted molar refractivity (Wildman–Crippen MR) is 95.2 cm³/mol. The predicted octanol–water partition coefficient (Wildman–Crippen LogP) is 1.20. The van der Waals surface area contributed by atoms with Crippen molar-refractivity contribution in [1.82, 2.24) is 15.2 Å². The van der Waals surface area contributed by atoms with E-state index in [2.05, 4.69) is 10.3 Å². The number of rotatable bonds is 5. The molecule has 0 spiro atoms. The number of fused-ring (bicyclic) bond motifs is 1. The SMILES string of the molecule is CC(=O)N1CSC[C@@H]1C(=O)N[C@H](Cc1c[nH]c2ccccc12)C(=O)O. The number of hydrogen-bond acceptors (Lipinski definition) is 4. The maximum atomic E-state index is 12.5. The Morgan fingerprint density at radius 1 is 1.40 bits per heavy atom. The molecule has 1 aromatic heterocycles. The number of carbonyl (C=O) groups is 3. The van der Waals surface area contributed by atoms with Crippen LogP contribution in [0.4, 0.5) is 0 Å². The van der Waals surface area contributed by atoms with Crippen molar-refractivity contribution in [2.24, 2.45) is 0 Å².